The van der Waals surface area contributed by atoms with Crippen molar-refractivity contribution in [2.24, 2.45) is 0 Å². The standard InChI is InChI=1S/C35H42S/c1-2-3-4-5-6-7-8-9-10-11-12-13-14-17-27-20-22-29-28(26-27)21-23-32-30(29)24-25-33-31-18-15-16-19-34(31)36-35(32)33/h15-16,18-26H,2-14,17H2,1H3. The SMILES string of the molecule is CCCCCCCCCCCCCCCc1ccc2c(ccc3c2ccc2c4ccccc4sc23)c1. The van der Waals surface area contributed by atoms with Crippen LogP contribution in [0.4, 0.5) is 0 Å². The van der Waals surface area contributed by atoms with E-state index in [1.54, 1.807) is 0 Å². The van der Waals surface area contributed by atoms with Crippen LogP contribution in [0.2, 0.25) is 0 Å². The third-order valence-electron chi connectivity index (χ3n) is 7.99. The van der Waals surface area contributed by atoms with Gasteiger partial charge in [0, 0.05) is 25.6 Å². The molecule has 5 rings (SSSR count). The van der Waals surface area contributed by atoms with Crippen LogP contribution in [0.25, 0.3) is 41.7 Å². The maximum absolute atomic E-state index is 2.43. The average molecular weight is 495 g/mol. The molecule has 0 aliphatic heterocycles. The number of rotatable bonds is 14. The Kier molecular flexibility index (Phi) is 8.94. The third kappa shape index (κ3) is 5.94. The Bertz CT molecular complexity index is 1410. The van der Waals surface area contributed by atoms with E-state index in [2.05, 4.69) is 73.7 Å². The molecule has 0 spiro atoms. The summed E-state index contributed by atoms with van der Waals surface area (Å²) < 4.78 is 2.81. The Hall–Kier alpha value is -2.38. The van der Waals surface area contributed by atoms with Gasteiger partial charge in [-0.05, 0) is 40.6 Å². The summed E-state index contributed by atoms with van der Waals surface area (Å²) in [7, 11) is 0. The van der Waals surface area contributed by atoms with Crippen molar-refractivity contribution in [2.45, 2.75) is 96.8 Å². The predicted octanol–water partition coefficient (Wildman–Crippen LogP) is 12.0. The fraction of sp³-hybridized carbons (Fsp3) is 0.429. The second-order valence-electron chi connectivity index (χ2n) is 10.7. The second-order valence-corrected chi connectivity index (χ2v) is 11.8. The normalized spacial score (nSPS) is 11.9. The highest BCUT2D eigenvalue weighted by Gasteiger charge is 2.10. The van der Waals surface area contributed by atoms with Gasteiger partial charge < -0.3 is 0 Å². The number of unbranched alkanes of at least 4 members (excludes halogenated alkanes) is 12. The lowest BCUT2D eigenvalue weighted by molar-refractivity contribution is 0.539. The molecule has 1 heteroatoms. The molecular formula is C35H42S. The third-order valence-corrected chi connectivity index (χ3v) is 9.21. The van der Waals surface area contributed by atoms with E-state index >= 15 is 0 Å². The first kappa shape index (κ1) is 25.3. The Morgan fingerprint density at radius 2 is 1.08 bits per heavy atom. The van der Waals surface area contributed by atoms with Crippen LogP contribution in [0.3, 0.4) is 0 Å². The van der Waals surface area contributed by atoms with E-state index in [1.165, 1.54) is 137 Å². The molecule has 36 heavy (non-hydrogen) atoms. The van der Waals surface area contributed by atoms with Gasteiger partial charge in [0.05, 0.1) is 0 Å². The molecular weight excluding hydrogens is 452 g/mol. The van der Waals surface area contributed by atoms with Crippen LogP contribution in [0, 0.1) is 0 Å². The minimum Gasteiger partial charge on any atom is -0.135 e. The number of hydrogen-bond acceptors (Lipinski definition) is 1. The van der Waals surface area contributed by atoms with E-state index in [4.69, 9.17) is 0 Å². The molecule has 0 aliphatic rings. The van der Waals surface area contributed by atoms with E-state index < -0.39 is 0 Å². The van der Waals surface area contributed by atoms with E-state index in [-0.39, 0.29) is 0 Å². The number of aryl methyl sites for hydroxylation is 1. The molecule has 0 N–H and O–H groups in total. The summed E-state index contributed by atoms with van der Waals surface area (Å²) in [5.74, 6) is 0. The molecule has 0 bridgehead atoms. The first-order chi connectivity index (χ1) is 17.8. The Morgan fingerprint density at radius 1 is 0.500 bits per heavy atom. The molecule has 0 saturated heterocycles. The lowest BCUT2D eigenvalue weighted by atomic mass is 9.97. The smallest absolute Gasteiger partial charge is 0.0434 e. The Labute approximate surface area is 221 Å². The molecule has 0 fully saturated rings. The highest BCUT2D eigenvalue weighted by molar-refractivity contribution is 7.26. The summed E-state index contributed by atoms with van der Waals surface area (Å²) in [6.45, 7) is 2.30. The van der Waals surface area contributed by atoms with Gasteiger partial charge in [0.25, 0.3) is 0 Å². The zero-order chi connectivity index (χ0) is 24.6. The number of hydrogen-bond donors (Lipinski definition) is 0. The number of fused-ring (bicyclic) bond motifs is 7. The largest absolute Gasteiger partial charge is 0.135 e. The Balaban J connectivity index is 1.11. The zero-order valence-corrected chi connectivity index (χ0v) is 23.0. The summed E-state index contributed by atoms with van der Waals surface area (Å²) in [5, 5.41) is 8.33. The van der Waals surface area contributed by atoms with Gasteiger partial charge in [-0.2, -0.15) is 0 Å². The summed E-state index contributed by atoms with van der Waals surface area (Å²) in [5.41, 5.74) is 1.49. The van der Waals surface area contributed by atoms with Crippen LogP contribution in [-0.2, 0) is 6.42 Å². The summed E-state index contributed by atoms with van der Waals surface area (Å²) in [6, 6.07) is 25.3. The first-order valence-electron chi connectivity index (χ1n) is 14.6. The van der Waals surface area contributed by atoms with Crippen molar-refractivity contribution in [1.29, 1.82) is 0 Å². The van der Waals surface area contributed by atoms with Crippen LogP contribution in [-0.4, -0.2) is 0 Å². The van der Waals surface area contributed by atoms with Gasteiger partial charge in [0.2, 0.25) is 0 Å². The topological polar surface area (TPSA) is 0 Å². The maximum Gasteiger partial charge on any atom is 0.0434 e. The summed E-state index contributed by atoms with van der Waals surface area (Å²) >= 11 is 1.93. The van der Waals surface area contributed by atoms with Gasteiger partial charge >= 0.3 is 0 Å². The summed E-state index contributed by atoms with van der Waals surface area (Å²) in [4.78, 5) is 0. The molecule has 188 valence electrons. The molecule has 4 aromatic carbocycles. The summed E-state index contributed by atoms with van der Waals surface area (Å²) in [6.07, 6.45) is 19.6. The van der Waals surface area contributed by atoms with Crippen molar-refractivity contribution in [3.05, 3.63) is 72.3 Å². The van der Waals surface area contributed by atoms with Crippen molar-refractivity contribution in [3.63, 3.8) is 0 Å². The highest BCUT2D eigenvalue weighted by atomic mass is 32.1. The maximum atomic E-state index is 2.43. The molecule has 0 unspecified atom stereocenters. The molecule has 0 radical (unpaired) electrons. The first-order valence-corrected chi connectivity index (χ1v) is 15.4. The fourth-order valence-electron chi connectivity index (χ4n) is 5.88. The van der Waals surface area contributed by atoms with Crippen LogP contribution < -0.4 is 0 Å². The van der Waals surface area contributed by atoms with Crippen molar-refractivity contribution >= 4 is 53.1 Å². The van der Waals surface area contributed by atoms with Crippen LogP contribution in [0.5, 0.6) is 0 Å². The quantitative estimate of drug-likeness (QED) is 0.106. The lowest BCUT2D eigenvalue weighted by Crippen LogP contribution is -1.88. The predicted molar refractivity (Wildman–Crippen MR) is 164 cm³/mol. The highest BCUT2D eigenvalue weighted by Crippen LogP contribution is 2.40. The van der Waals surface area contributed by atoms with E-state index in [9.17, 15) is 0 Å². The molecule has 5 aromatic rings. The minimum absolute atomic E-state index is 1.21. The number of thiophene rings is 1. The van der Waals surface area contributed by atoms with Crippen molar-refractivity contribution in [2.75, 3.05) is 0 Å². The van der Waals surface area contributed by atoms with Crippen molar-refractivity contribution in [3.8, 4) is 0 Å². The van der Waals surface area contributed by atoms with Crippen LogP contribution in [0.1, 0.15) is 96.0 Å². The van der Waals surface area contributed by atoms with Gasteiger partial charge in [-0.25, -0.2) is 0 Å². The zero-order valence-electron chi connectivity index (χ0n) is 22.2. The fourth-order valence-corrected chi connectivity index (χ4v) is 7.11. The Morgan fingerprint density at radius 3 is 1.83 bits per heavy atom. The lowest BCUT2D eigenvalue weighted by Gasteiger charge is -2.08. The van der Waals surface area contributed by atoms with Gasteiger partial charge in [-0.15, -0.1) is 11.3 Å². The van der Waals surface area contributed by atoms with Gasteiger partial charge in [0.15, 0.2) is 0 Å². The molecule has 0 nitrogen and oxygen atoms in total. The molecule has 1 heterocycles. The molecule has 0 aliphatic carbocycles. The second kappa shape index (κ2) is 12.7. The van der Waals surface area contributed by atoms with Gasteiger partial charge in [0.1, 0.15) is 0 Å². The monoisotopic (exact) mass is 494 g/mol. The van der Waals surface area contributed by atoms with E-state index in [0.717, 1.165) is 0 Å². The molecule has 0 saturated carbocycles. The number of benzene rings is 4. The van der Waals surface area contributed by atoms with Crippen LogP contribution in [0.15, 0.2) is 66.7 Å². The molecule has 1 aromatic heterocycles. The van der Waals surface area contributed by atoms with E-state index in [0.29, 0.717) is 0 Å². The van der Waals surface area contributed by atoms with Crippen molar-refractivity contribution < 1.29 is 0 Å². The van der Waals surface area contributed by atoms with Crippen LogP contribution >= 0.6 is 11.3 Å². The van der Waals surface area contributed by atoms with E-state index in [1.807, 2.05) is 11.3 Å². The van der Waals surface area contributed by atoms with Gasteiger partial charge in [-0.1, -0.05) is 145 Å². The van der Waals surface area contributed by atoms with Gasteiger partial charge in [-0.3, -0.25) is 0 Å². The molecule has 0 atom stereocenters. The molecule has 0 amide bonds. The van der Waals surface area contributed by atoms with Crippen molar-refractivity contribution in [1.82, 2.24) is 0 Å². The average Bonchev–Trinajstić information content (AvgIpc) is 3.30. The minimum atomic E-state index is 1.21.